The zero-order valence-electron chi connectivity index (χ0n) is 12.1. The van der Waals surface area contributed by atoms with E-state index < -0.39 is 0 Å². The maximum Gasteiger partial charge on any atom is 0.138 e. The van der Waals surface area contributed by atoms with Crippen LogP contribution in [0.2, 0.25) is 0 Å². The molecule has 2 N–H and O–H groups in total. The second-order valence-electron chi connectivity index (χ2n) is 5.22. The fourth-order valence-electron chi connectivity index (χ4n) is 2.21. The summed E-state index contributed by atoms with van der Waals surface area (Å²) in [6.45, 7) is 5.77. The lowest BCUT2D eigenvalue weighted by Gasteiger charge is -2.24. The van der Waals surface area contributed by atoms with E-state index in [0.717, 1.165) is 16.7 Å². The molecular weight excluding hydrogens is 253 g/mol. The first-order valence-corrected chi connectivity index (χ1v) is 6.72. The van der Waals surface area contributed by atoms with Crippen molar-refractivity contribution in [3.05, 3.63) is 65.0 Å². The highest BCUT2D eigenvalue weighted by atomic mass is 19.1. The van der Waals surface area contributed by atoms with Crippen LogP contribution in [0.5, 0.6) is 5.75 Å². The van der Waals surface area contributed by atoms with Gasteiger partial charge in [0.15, 0.2) is 0 Å². The van der Waals surface area contributed by atoms with Crippen LogP contribution in [0.4, 0.5) is 4.39 Å². The third-order valence-corrected chi connectivity index (χ3v) is 3.24. The molecule has 0 spiro atoms. The summed E-state index contributed by atoms with van der Waals surface area (Å²) in [7, 11) is 0. The van der Waals surface area contributed by atoms with Gasteiger partial charge in [0.05, 0.1) is 0 Å². The Balaban J connectivity index is 2.30. The van der Waals surface area contributed by atoms with Crippen molar-refractivity contribution in [1.82, 2.24) is 0 Å². The van der Waals surface area contributed by atoms with Crippen molar-refractivity contribution in [2.45, 2.75) is 32.9 Å². The molecule has 2 aromatic rings. The van der Waals surface area contributed by atoms with Gasteiger partial charge in [-0.05, 0) is 50.1 Å². The first-order valence-electron chi connectivity index (χ1n) is 6.72. The second-order valence-corrected chi connectivity index (χ2v) is 5.22. The third kappa shape index (κ3) is 3.36. The Labute approximate surface area is 119 Å². The molecule has 3 heteroatoms. The van der Waals surface area contributed by atoms with Gasteiger partial charge in [-0.1, -0.05) is 29.8 Å². The van der Waals surface area contributed by atoms with Crippen molar-refractivity contribution in [3.8, 4) is 5.75 Å². The van der Waals surface area contributed by atoms with E-state index >= 15 is 0 Å². The van der Waals surface area contributed by atoms with Crippen molar-refractivity contribution in [3.63, 3.8) is 0 Å². The normalized spacial score (nSPS) is 13.8. The molecular formula is C17H20FNO. The van der Waals surface area contributed by atoms with Gasteiger partial charge in [-0.3, -0.25) is 0 Å². The molecule has 2 atom stereocenters. The molecule has 20 heavy (non-hydrogen) atoms. The molecule has 2 rings (SSSR count). The van der Waals surface area contributed by atoms with Gasteiger partial charge in [-0.15, -0.1) is 0 Å². The highest BCUT2D eigenvalue weighted by Crippen LogP contribution is 2.27. The van der Waals surface area contributed by atoms with Crippen LogP contribution in [0.3, 0.4) is 0 Å². The van der Waals surface area contributed by atoms with Gasteiger partial charge >= 0.3 is 0 Å². The maximum absolute atomic E-state index is 13.1. The van der Waals surface area contributed by atoms with Crippen LogP contribution < -0.4 is 10.5 Å². The van der Waals surface area contributed by atoms with E-state index in [1.165, 1.54) is 12.1 Å². The number of hydrogen-bond acceptors (Lipinski definition) is 2. The van der Waals surface area contributed by atoms with Gasteiger partial charge < -0.3 is 10.5 Å². The average Bonchev–Trinajstić information content (AvgIpc) is 2.37. The van der Waals surface area contributed by atoms with Crippen LogP contribution in [0.1, 0.15) is 29.7 Å². The zero-order chi connectivity index (χ0) is 14.7. The minimum Gasteiger partial charge on any atom is -0.484 e. The van der Waals surface area contributed by atoms with E-state index in [9.17, 15) is 4.39 Å². The van der Waals surface area contributed by atoms with Crippen molar-refractivity contribution in [1.29, 1.82) is 0 Å². The van der Waals surface area contributed by atoms with Crippen LogP contribution in [0, 0.1) is 19.7 Å². The van der Waals surface area contributed by atoms with E-state index in [1.54, 1.807) is 6.07 Å². The summed E-state index contributed by atoms with van der Waals surface area (Å²) in [6, 6.07) is 12.4. The Hall–Kier alpha value is -1.87. The highest BCUT2D eigenvalue weighted by molar-refractivity contribution is 5.34. The van der Waals surface area contributed by atoms with E-state index in [4.69, 9.17) is 10.5 Å². The summed E-state index contributed by atoms with van der Waals surface area (Å²) >= 11 is 0. The quantitative estimate of drug-likeness (QED) is 0.916. The number of hydrogen-bond donors (Lipinski definition) is 1. The minimum atomic E-state index is -0.261. The number of aryl methyl sites for hydroxylation is 2. The molecule has 0 saturated heterocycles. The standard InChI is InChI=1S/C17H20FNO/c1-11-5-4-6-14(9-11)17(13(3)19)20-16-8-7-15(18)10-12(16)2/h4-10,13,17H,19H2,1-3H3. The number of nitrogens with two attached hydrogens (primary N) is 1. The topological polar surface area (TPSA) is 35.2 Å². The van der Waals surface area contributed by atoms with Crippen LogP contribution in [0.15, 0.2) is 42.5 Å². The SMILES string of the molecule is Cc1cccc(C(Oc2ccc(F)cc2C)C(C)N)c1. The van der Waals surface area contributed by atoms with Gasteiger partial charge in [-0.25, -0.2) is 4.39 Å². The van der Waals surface area contributed by atoms with Gasteiger partial charge in [-0.2, -0.15) is 0 Å². The van der Waals surface area contributed by atoms with Crippen molar-refractivity contribution in [2.24, 2.45) is 5.73 Å². The van der Waals surface area contributed by atoms with E-state index in [-0.39, 0.29) is 18.0 Å². The predicted octanol–water partition coefficient (Wildman–Crippen LogP) is 3.91. The molecule has 2 unspecified atom stereocenters. The Morgan fingerprint density at radius 2 is 1.85 bits per heavy atom. The molecule has 2 aromatic carbocycles. The summed E-state index contributed by atoms with van der Waals surface area (Å²) < 4.78 is 19.2. The van der Waals surface area contributed by atoms with Crippen LogP contribution in [-0.4, -0.2) is 6.04 Å². The van der Waals surface area contributed by atoms with Gasteiger partial charge in [0.2, 0.25) is 0 Å². The Bertz CT molecular complexity index is 595. The van der Waals surface area contributed by atoms with Crippen LogP contribution in [-0.2, 0) is 0 Å². The van der Waals surface area contributed by atoms with Crippen molar-refractivity contribution in [2.75, 3.05) is 0 Å². The third-order valence-electron chi connectivity index (χ3n) is 3.24. The second kappa shape index (κ2) is 6.06. The molecule has 0 aliphatic heterocycles. The molecule has 0 fully saturated rings. The first kappa shape index (κ1) is 14.5. The monoisotopic (exact) mass is 273 g/mol. The predicted molar refractivity (Wildman–Crippen MR) is 79.3 cm³/mol. The smallest absolute Gasteiger partial charge is 0.138 e. The first-order chi connectivity index (χ1) is 9.47. The van der Waals surface area contributed by atoms with Crippen LogP contribution >= 0.6 is 0 Å². The molecule has 0 bridgehead atoms. The molecule has 0 heterocycles. The maximum atomic E-state index is 13.1. The lowest BCUT2D eigenvalue weighted by molar-refractivity contribution is 0.179. The summed E-state index contributed by atoms with van der Waals surface area (Å²) in [5, 5.41) is 0. The van der Waals surface area contributed by atoms with Gasteiger partial charge in [0, 0.05) is 6.04 Å². The summed E-state index contributed by atoms with van der Waals surface area (Å²) in [4.78, 5) is 0. The highest BCUT2D eigenvalue weighted by Gasteiger charge is 2.19. The largest absolute Gasteiger partial charge is 0.484 e. The van der Waals surface area contributed by atoms with E-state index in [1.807, 2.05) is 39.0 Å². The lowest BCUT2D eigenvalue weighted by Crippen LogP contribution is -2.29. The summed E-state index contributed by atoms with van der Waals surface area (Å²) in [6.07, 6.45) is -0.251. The van der Waals surface area contributed by atoms with Gasteiger partial charge in [0.25, 0.3) is 0 Å². The molecule has 0 radical (unpaired) electrons. The summed E-state index contributed by atoms with van der Waals surface area (Å²) in [5.74, 6) is 0.401. The Morgan fingerprint density at radius 3 is 2.45 bits per heavy atom. The molecule has 2 nitrogen and oxygen atoms in total. The average molecular weight is 273 g/mol. The molecule has 0 aliphatic rings. The number of rotatable bonds is 4. The zero-order valence-corrected chi connectivity index (χ0v) is 12.1. The summed E-state index contributed by atoms with van der Waals surface area (Å²) in [5.41, 5.74) is 9.01. The molecule has 0 aliphatic carbocycles. The Kier molecular flexibility index (Phi) is 4.40. The molecule has 0 saturated carbocycles. The minimum absolute atomic E-state index is 0.166. The fraction of sp³-hybridized carbons (Fsp3) is 0.294. The lowest BCUT2D eigenvalue weighted by atomic mass is 10.0. The van der Waals surface area contributed by atoms with E-state index in [0.29, 0.717) is 5.75 Å². The molecule has 0 amide bonds. The van der Waals surface area contributed by atoms with Crippen molar-refractivity contribution < 1.29 is 9.13 Å². The van der Waals surface area contributed by atoms with Gasteiger partial charge in [0.1, 0.15) is 17.7 Å². The molecule has 0 aromatic heterocycles. The number of halogens is 1. The molecule has 106 valence electrons. The Morgan fingerprint density at radius 1 is 1.10 bits per heavy atom. The number of benzene rings is 2. The van der Waals surface area contributed by atoms with Crippen molar-refractivity contribution >= 4 is 0 Å². The number of ether oxygens (including phenoxy) is 1. The van der Waals surface area contributed by atoms with E-state index in [2.05, 4.69) is 6.07 Å². The van der Waals surface area contributed by atoms with Crippen LogP contribution in [0.25, 0.3) is 0 Å². The fourth-order valence-corrected chi connectivity index (χ4v) is 2.21.